The van der Waals surface area contributed by atoms with Gasteiger partial charge in [-0.2, -0.15) is 0 Å². The molecule has 1 aromatic heterocycles. The molecule has 3 rings (SSSR count). The average molecular weight is 282 g/mol. The fourth-order valence-electron chi connectivity index (χ4n) is 2.64. The van der Waals surface area contributed by atoms with Crippen LogP contribution in [0.4, 0.5) is 5.69 Å². The van der Waals surface area contributed by atoms with E-state index < -0.39 is 11.5 Å². The number of carbonyl (C=O) groups excluding carboxylic acids is 2. The second-order valence-corrected chi connectivity index (χ2v) is 5.06. The molecule has 1 aliphatic heterocycles. The van der Waals surface area contributed by atoms with Crippen molar-refractivity contribution in [3.05, 3.63) is 59.9 Å². The average Bonchev–Trinajstić information content (AvgIpc) is 2.71. The van der Waals surface area contributed by atoms with Crippen LogP contribution in [-0.2, 0) is 10.4 Å². The minimum atomic E-state index is -1.82. The van der Waals surface area contributed by atoms with Crippen LogP contribution in [0, 0.1) is 0 Å². The van der Waals surface area contributed by atoms with E-state index in [-0.39, 0.29) is 17.9 Å². The number of rotatable bonds is 3. The maximum absolute atomic E-state index is 12.4. The van der Waals surface area contributed by atoms with E-state index in [4.69, 9.17) is 0 Å². The molecule has 0 saturated heterocycles. The third-order valence-corrected chi connectivity index (χ3v) is 3.74. The van der Waals surface area contributed by atoms with Gasteiger partial charge in [-0.05, 0) is 18.2 Å². The summed E-state index contributed by atoms with van der Waals surface area (Å²) in [7, 11) is 1.59. The van der Waals surface area contributed by atoms with E-state index in [1.54, 1.807) is 49.5 Å². The maximum atomic E-state index is 12.4. The summed E-state index contributed by atoms with van der Waals surface area (Å²) in [5, 5.41) is 10.8. The van der Waals surface area contributed by atoms with E-state index in [0.29, 0.717) is 11.3 Å². The molecule has 0 aliphatic carbocycles. The van der Waals surface area contributed by atoms with Crippen molar-refractivity contribution in [2.24, 2.45) is 0 Å². The highest BCUT2D eigenvalue weighted by Gasteiger charge is 2.49. The predicted molar refractivity (Wildman–Crippen MR) is 76.9 cm³/mol. The summed E-state index contributed by atoms with van der Waals surface area (Å²) >= 11 is 0. The molecule has 21 heavy (non-hydrogen) atoms. The van der Waals surface area contributed by atoms with Crippen molar-refractivity contribution in [1.82, 2.24) is 4.98 Å². The van der Waals surface area contributed by atoms with E-state index in [9.17, 15) is 14.7 Å². The quantitative estimate of drug-likeness (QED) is 0.866. The molecule has 5 nitrogen and oxygen atoms in total. The van der Waals surface area contributed by atoms with Crippen LogP contribution >= 0.6 is 0 Å². The van der Waals surface area contributed by atoms with Gasteiger partial charge in [-0.1, -0.05) is 24.3 Å². The molecule has 0 spiro atoms. The van der Waals surface area contributed by atoms with Gasteiger partial charge in [-0.3, -0.25) is 14.6 Å². The number of benzene rings is 1. The summed E-state index contributed by atoms with van der Waals surface area (Å²) in [6.07, 6.45) is 1.19. The van der Waals surface area contributed by atoms with Gasteiger partial charge in [0.15, 0.2) is 11.4 Å². The largest absolute Gasteiger partial charge is 0.375 e. The number of aromatic nitrogens is 1. The number of pyridine rings is 1. The standard InChI is InChI=1S/C16H14N2O3/c1-18-13-8-3-2-6-11(13)16(21,15(18)20)10-14(19)12-7-4-5-9-17-12/h2-9,21H,10H2,1H3/t16-/m1/s1. The zero-order valence-corrected chi connectivity index (χ0v) is 11.5. The first-order valence-corrected chi connectivity index (χ1v) is 6.58. The van der Waals surface area contributed by atoms with Crippen molar-refractivity contribution in [3.8, 4) is 0 Å². The van der Waals surface area contributed by atoms with Crippen LogP contribution in [0.3, 0.4) is 0 Å². The molecule has 1 atom stereocenters. The summed E-state index contributed by atoms with van der Waals surface area (Å²) in [4.78, 5) is 30.0. The first-order valence-electron chi connectivity index (χ1n) is 6.58. The molecule has 1 N–H and O–H groups in total. The number of aliphatic hydroxyl groups is 1. The molecule has 0 saturated carbocycles. The Hall–Kier alpha value is -2.53. The summed E-state index contributed by atoms with van der Waals surface area (Å²) in [5.41, 5.74) is -0.494. The van der Waals surface area contributed by atoms with Crippen molar-refractivity contribution in [2.75, 3.05) is 11.9 Å². The van der Waals surface area contributed by atoms with Crippen molar-refractivity contribution in [1.29, 1.82) is 0 Å². The number of hydrogen-bond donors (Lipinski definition) is 1. The van der Waals surface area contributed by atoms with Crippen molar-refractivity contribution in [3.63, 3.8) is 0 Å². The van der Waals surface area contributed by atoms with Gasteiger partial charge in [0.2, 0.25) is 0 Å². The Bertz CT molecular complexity index is 714. The van der Waals surface area contributed by atoms with Crippen molar-refractivity contribution < 1.29 is 14.7 Å². The number of ketones is 1. The second kappa shape index (κ2) is 4.79. The highest BCUT2D eigenvalue weighted by Crippen LogP contribution is 2.41. The van der Waals surface area contributed by atoms with Crippen LogP contribution < -0.4 is 4.90 Å². The Morgan fingerprint density at radius 3 is 2.67 bits per heavy atom. The highest BCUT2D eigenvalue weighted by atomic mass is 16.3. The molecule has 1 aromatic carbocycles. The fourth-order valence-corrected chi connectivity index (χ4v) is 2.64. The maximum Gasteiger partial charge on any atom is 0.263 e. The number of nitrogens with zero attached hydrogens (tertiary/aromatic N) is 2. The normalized spacial score (nSPS) is 20.5. The third kappa shape index (κ3) is 2.02. The number of likely N-dealkylation sites (N-methyl/N-ethyl adjacent to an activating group) is 1. The Morgan fingerprint density at radius 1 is 1.24 bits per heavy atom. The number of carbonyl (C=O) groups is 2. The zero-order valence-electron chi connectivity index (χ0n) is 11.5. The Morgan fingerprint density at radius 2 is 1.95 bits per heavy atom. The number of fused-ring (bicyclic) bond motifs is 1. The monoisotopic (exact) mass is 282 g/mol. The molecule has 5 heteroatoms. The lowest BCUT2D eigenvalue weighted by Gasteiger charge is -2.20. The number of amides is 1. The van der Waals surface area contributed by atoms with Gasteiger partial charge in [-0.25, -0.2) is 0 Å². The minimum Gasteiger partial charge on any atom is -0.375 e. The van der Waals surface area contributed by atoms with E-state index in [2.05, 4.69) is 4.98 Å². The smallest absolute Gasteiger partial charge is 0.263 e. The molecule has 0 radical (unpaired) electrons. The first-order chi connectivity index (χ1) is 10.0. The summed E-state index contributed by atoms with van der Waals surface area (Å²) in [5.74, 6) is -0.857. The number of Topliss-reactive ketones (excluding diaryl/α,β-unsaturated/α-hetero) is 1. The van der Waals surface area contributed by atoms with E-state index >= 15 is 0 Å². The van der Waals surface area contributed by atoms with Gasteiger partial charge in [-0.15, -0.1) is 0 Å². The topological polar surface area (TPSA) is 70.5 Å². The molecule has 2 heterocycles. The lowest BCUT2D eigenvalue weighted by atomic mass is 9.89. The summed E-state index contributed by atoms with van der Waals surface area (Å²) in [6.45, 7) is 0. The molecule has 0 bridgehead atoms. The number of anilines is 1. The Labute approximate surface area is 121 Å². The summed E-state index contributed by atoms with van der Waals surface area (Å²) in [6, 6.07) is 11.9. The zero-order chi connectivity index (χ0) is 15.0. The Kier molecular flexibility index (Phi) is 3.07. The first kappa shape index (κ1) is 13.5. The van der Waals surface area contributed by atoms with Crippen LogP contribution in [0.15, 0.2) is 48.7 Å². The van der Waals surface area contributed by atoms with Gasteiger partial charge in [0.1, 0.15) is 5.69 Å². The highest BCUT2D eigenvalue weighted by molar-refractivity contribution is 6.10. The predicted octanol–water partition coefficient (Wildman–Crippen LogP) is 1.52. The van der Waals surface area contributed by atoms with Crippen molar-refractivity contribution >= 4 is 17.4 Å². The van der Waals surface area contributed by atoms with E-state index in [1.807, 2.05) is 0 Å². The number of hydrogen-bond acceptors (Lipinski definition) is 4. The fraction of sp³-hybridized carbons (Fsp3) is 0.188. The van der Waals surface area contributed by atoms with Crippen LogP contribution in [-0.4, -0.2) is 28.8 Å². The van der Waals surface area contributed by atoms with Gasteiger partial charge >= 0.3 is 0 Å². The van der Waals surface area contributed by atoms with Crippen molar-refractivity contribution in [2.45, 2.75) is 12.0 Å². The molecule has 1 aliphatic rings. The number of para-hydroxylation sites is 1. The van der Waals surface area contributed by atoms with Gasteiger partial charge in [0.05, 0.1) is 12.1 Å². The molecule has 1 amide bonds. The molecule has 106 valence electrons. The molecular weight excluding hydrogens is 268 g/mol. The Balaban J connectivity index is 1.98. The van der Waals surface area contributed by atoms with Crippen LogP contribution in [0.25, 0.3) is 0 Å². The van der Waals surface area contributed by atoms with E-state index in [0.717, 1.165) is 0 Å². The lowest BCUT2D eigenvalue weighted by molar-refractivity contribution is -0.135. The summed E-state index contributed by atoms with van der Waals surface area (Å²) < 4.78 is 0. The van der Waals surface area contributed by atoms with Crippen LogP contribution in [0.2, 0.25) is 0 Å². The van der Waals surface area contributed by atoms with Crippen LogP contribution in [0.1, 0.15) is 22.5 Å². The second-order valence-electron chi connectivity index (χ2n) is 5.06. The van der Waals surface area contributed by atoms with Gasteiger partial charge < -0.3 is 10.0 Å². The van der Waals surface area contributed by atoms with Crippen LogP contribution in [0.5, 0.6) is 0 Å². The van der Waals surface area contributed by atoms with E-state index in [1.165, 1.54) is 11.1 Å². The lowest BCUT2D eigenvalue weighted by Crippen LogP contribution is -2.40. The van der Waals surface area contributed by atoms with Gasteiger partial charge in [0, 0.05) is 18.8 Å². The molecule has 2 aromatic rings. The SMILES string of the molecule is CN1C(=O)[C@@](O)(CC(=O)c2ccccn2)c2ccccc21. The molecule has 0 unspecified atom stereocenters. The molecule has 0 fully saturated rings. The molecular formula is C16H14N2O3. The minimum absolute atomic E-state index is 0.241. The van der Waals surface area contributed by atoms with Gasteiger partial charge in [0.25, 0.3) is 5.91 Å². The third-order valence-electron chi connectivity index (χ3n) is 3.74.